The number of carboxylic acid groups (broad SMARTS) is 1. The Balaban J connectivity index is 0. The first-order valence-corrected chi connectivity index (χ1v) is 4.17. The summed E-state index contributed by atoms with van der Waals surface area (Å²) in [6.07, 6.45) is 0.243. The number of carbonyl (C=O) groups is 2. The van der Waals surface area contributed by atoms with Gasteiger partial charge in [-0.2, -0.15) is 0 Å². The van der Waals surface area contributed by atoms with Gasteiger partial charge in [-0.1, -0.05) is 6.58 Å². The van der Waals surface area contributed by atoms with Crippen LogP contribution < -0.4 is 0 Å². The van der Waals surface area contributed by atoms with Crippen molar-refractivity contribution >= 4 is 11.8 Å². The molecule has 14 heavy (non-hydrogen) atoms. The van der Waals surface area contributed by atoms with Gasteiger partial charge in [0.1, 0.15) is 5.78 Å². The quantitative estimate of drug-likeness (QED) is 0.678. The van der Waals surface area contributed by atoms with Crippen LogP contribution in [-0.4, -0.2) is 27.6 Å². The molecule has 0 aliphatic rings. The maximum absolute atomic E-state index is 10.3. The van der Waals surface area contributed by atoms with Crippen LogP contribution in [0.1, 0.15) is 34.1 Å². The normalized spacial score (nSPS) is 9.79. The fourth-order valence-corrected chi connectivity index (χ4v) is 0.609. The number of hydrogen-bond acceptors (Lipinski definition) is 3. The molecule has 0 aliphatic heterocycles. The van der Waals surface area contributed by atoms with E-state index in [9.17, 15) is 9.59 Å². The van der Waals surface area contributed by atoms with Gasteiger partial charge in [0, 0.05) is 12.0 Å². The number of rotatable bonds is 3. The van der Waals surface area contributed by atoms with Crippen LogP contribution >= 0.6 is 0 Å². The third-order valence-electron chi connectivity index (χ3n) is 1.05. The molecule has 0 aromatic rings. The van der Waals surface area contributed by atoms with Crippen molar-refractivity contribution in [2.24, 2.45) is 0 Å². The number of Topliss-reactive ketones (excluding diaryl/α,β-unsaturated/α-hetero) is 1. The zero-order valence-corrected chi connectivity index (χ0v) is 9.13. The van der Waals surface area contributed by atoms with E-state index in [0.717, 1.165) is 0 Å². The molecule has 0 bridgehead atoms. The number of aliphatic hydroxyl groups is 1. The van der Waals surface area contributed by atoms with Crippen LogP contribution in [0.4, 0.5) is 0 Å². The molecule has 2 N–H and O–H groups in total. The van der Waals surface area contributed by atoms with Gasteiger partial charge in [-0.05, 0) is 27.7 Å². The van der Waals surface area contributed by atoms with Crippen LogP contribution in [0.2, 0.25) is 0 Å². The van der Waals surface area contributed by atoms with Gasteiger partial charge in [-0.3, -0.25) is 4.79 Å². The molecule has 0 aromatic carbocycles. The molecule has 4 nitrogen and oxygen atoms in total. The van der Waals surface area contributed by atoms with Crippen molar-refractivity contribution in [1.29, 1.82) is 0 Å². The molecule has 0 radical (unpaired) electrons. The molecular weight excluding hydrogens is 184 g/mol. The number of carbonyl (C=O) groups excluding carboxylic acids is 1. The van der Waals surface area contributed by atoms with Gasteiger partial charge in [-0.25, -0.2) is 4.79 Å². The van der Waals surface area contributed by atoms with Crippen molar-refractivity contribution < 1.29 is 19.8 Å². The Kier molecular flexibility index (Phi) is 6.91. The van der Waals surface area contributed by atoms with E-state index in [1.807, 2.05) is 0 Å². The molecular formula is C10H18O4. The van der Waals surface area contributed by atoms with Crippen LogP contribution in [0.5, 0.6) is 0 Å². The maximum atomic E-state index is 10.3. The Bertz CT molecular complexity index is 211. The molecule has 0 spiro atoms. The molecule has 4 heteroatoms. The van der Waals surface area contributed by atoms with Gasteiger partial charge in [0.2, 0.25) is 0 Å². The van der Waals surface area contributed by atoms with Crippen LogP contribution in [0, 0.1) is 0 Å². The van der Waals surface area contributed by atoms with E-state index < -0.39 is 11.6 Å². The highest BCUT2D eigenvalue weighted by atomic mass is 16.4. The summed E-state index contributed by atoms with van der Waals surface area (Å²) in [5, 5.41) is 16.9. The molecule has 0 heterocycles. The second-order valence-electron chi connectivity index (χ2n) is 3.78. The Morgan fingerprint density at radius 1 is 1.29 bits per heavy atom. The van der Waals surface area contributed by atoms with Gasteiger partial charge < -0.3 is 10.2 Å². The highest BCUT2D eigenvalue weighted by Gasteiger charge is 2.13. The van der Waals surface area contributed by atoms with Gasteiger partial charge in [0.05, 0.1) is 5.60 Å². The number of ketones is 1. The van der Waals surface area contributed by atoms with E-state index in [2.05, 4.69) is 6.58 Å². The number of carboxylic acids is 1. The molecule has 0 fully saturated rings. The van der Waals surface area contributed by atoms with E-state index >= 15 is 0 Å². The Labute approximate surface area is 84.3 Å². The minimum atomic E-state index is -0.935. The summed E-state index contributed by atoms with van der Waals surface area (Å²) < 4.78 is 0. The lowest BCUT2D eigenvalue weighted by Crippen LogP contribution is -2.21. The van der Waals surface area contributed by atoms with Crippen molar-refractivity contribution in [2.45, 2.75) is 39.7 Å². The largest absolute Gasteiger partial charge is 0.478 e. The van der Waals surface area contributed by atoms with Crippen molar-refractivity contribution in [1.82, 2.24) is 0 Å². The Hall–Kier alpha value is -1.16. The van der Waals surface area contributed by atoms with E-state index in [0.29, 0.717) is 0 Å². The van der Waals surface area contributed by atoms with Crippen molar-refractivity contribution in [3.05, 3.63) is 12.2 Å². The lowest BCUT2D eigenvalue weighted by molar-refractivity contribution is -0.132. The highest BCUT2D eigenvalue weighted by Crippen LogP contribution is 2.06. The average molecular weight is 202 g/mol. The molecule has 82 valence electrons. The first kappa shape index (κ1) is 15.3. The van der Waals surface area contributed by atoms with Crippen LogP contribution in [-0.2, 0) is 9.59 Å². The monoisotopic (exact) mass is 202 g/mol. The molecule has 0 aromatic heterocycles. The molecule has 0 aliphatic carbocycles. The average Bonchev–Trinajstić information content (AvgIpc) is 1.81. The third kappa shape index (κ3) is 17.1. The fourth-order valence-electron chi connectivity index (χ4n) is 0.609. The molecule has 0 saturated heterocycles. The zero-order chi connectivity index (χ0) is 11.9. The van der Waals surface area contributed by atoms with Gasteiger partial charge in [-0.15, -0.1) is 0 Å². The van der Waals surface area contributed by atoms with Gasteiger partial charge in [0.25, 0.3) is 0 Å². The molecule has 0 unspecified atom stereocenters. The van der Waals surface area contributed by atoms with Crippen molar-refractivity contribution in [2.75, 3.05) is 0 Å². The SMILES string of the molecule is C=C(C)C(=O)O.CC(=O)CC(C)(C)O. The second kappa shape index (κ2) is 6.32. The summed E-state index contributed by atoms with van der Waals surface area (Å²) in [6, 6.07) is 0. The summed E-state index contributed by atoms with van der Waals surface area (Å²) >= 11 is 0. The fraction of sp³-hybridized carbons (Fsp3) is 0.600. The van der Waals surface area contributed by atoms with E-state index in [1.54, 1.807) is 13.8 Å². The summed E-state index contributed by atoms with van der Waals surface area (Å²) in [6.45, 7) is 9.31. The Morgan fingerprint density at radius 3 is 1.57 bits per heavy atom. The van der Waals surface area contributed by atoms with Crippen LogP contribution in [0.3, 0.4) is 0 Å². The standard InChI is InChI=1S/C6H12O2.C4H6O2/c1-5(7)4-6(2,3)8;1-3(2)4(5)6/h8H,4H2,1-3H3;1H2,2H3,(H,5,6). The summed E-state index contributed by atoms with van der Waals surface area (Å²) in [4.78, 5) is 19.9. The smallest absolute Gasteiger partial charge is 0.330 e. The van der Waals surface area contributed by atoms with Crippen LogP contribution in [0.25, 0.3) is 0 Å². The van der Waals surface area contributed by atoms with Gasteiger partial charge in [0.15, 0.2) is 0 Å². The predicted molar refractivity (Wildman–Crippen MR) is 54.0 cm³/mol. The minimum Gasteiger partial charge on any atom is -0.478 e. The van der Waals surface area contributed by atoms with Crippen molar-refractivity contribution in [3.63, 3.8) is 0 Å². The van der Waals surface area contributed by atoms with Crippen LogP contribution in [0.15, 0.2) is 12.2 Å². The number of aliphatic carboxylic acids is 1. The first-order chi connectivity index (χ1) is 6.06. The second-order valence-corrected chi connectivity index (χ2v) is 3.78. The van der Waals surface area contributed by atoms with Gasteiger partial charge >= 0.3 is 5.97 Å². The minimum absolute atomic E-state index is 0.0255. The van der Waals surface area contributed by atoms with E-state index in [-0.39, 0.29) is 17.8 Å². The molecule has 0 saturated carbocycles. The lowest BCUT2D eigenvalue weighted by atomic mass is 10.0. The first-order valence-electron chi connectivity index (χ1n) is 4.17. The molecule has 0 amide bonds. The summed E-state index contributed by atoms with van der Waals surface area (Å²) in [7, 11) is 0. The zero-order valence-electron chi connectivity index (χ0n) is 9.13. The Morgan fingerprint density at radius 2 is 1.57 bits per heavy atom. The predicted octanol–water partition coefficient (Wildman–Crippen LogP) is 1.38. The highest BCUT2D eigenvalue weighted by molar-refractivity contribution is 5.84. The topological polar surface area (TPSA) is 74.6 Å². The summed E-state index contributed by atoms with van der Waals surface area (Å²) in [5.74, 6) is -0.910. The van der Waals surface area contributed by atoms with Crippen molar-refractivity contribution in [3.8, 4) is 0 Å². The molecule has 0 rings (SSSR count). The third-order valence-corrected chi connectivity index (χ3v) is 1.05. The lowest BCUT2D eigenvalue weighted by Gasteiger charge is -2.13. The van der Waals surface area contributed by atoms with E-state index in [1.165, 1.54) is 13.8 Å². The molecule has 0 atom stereocenters. The summed E-state index contributed by atoms with van der Waals surface area (Å²) in [5.41, 5.74) is -0.652. The maximum Gasteiger partial charge on any atom is 0.330 e. The number of hydrogen-bond donors (Lipinski definition) is 2. The van der Waals surface area contributed by atoms with E-state index in [4.69, 9.17) is 10.2 Å².